The smallest absolute Gasteiger partial charge is 0.225 e. The van der Waals surface area contributed by atoms with Crippen LogP contribution in [0, 0.1) is 24.7 Å². The first kappa shape index (κ1) is 18.2. The highest BCUT2D eigenvalue weighted by Crippen LogP contribution is 2.49. The minimum Gasteiger partial charge on any atom is -0.384 e. The van der Waals surface area contributed by atoms with Gasteiger partial charge in [-0.1, -0.05) is 11.6 Å². The molecule has 1 saturated heterocycles. The van der Waals surface area contributed by atoms with Gasteiger partial charge in [0.05, 0.1) is 17.4 Å². The van der Waals surface area contributed by atoms with Crippen LogP contribution >= 0.6 is 11.6 Å². The summed E-state index contributed by atoms with van der Waals surface area (Å²) >= 11 is 5.87. The summed E-state index contributed by atoms with van der Waals surface area (Å²) in [6, 6.07) is 1.80. The van der Waals surface area contributed by atoms with Crippen LogP contribution in [0.4, 0.5) is 17.6 Å². The molecule has 8 heteroatoms. The number of halogens is 1. The number of piperidine rings is 1. The van der Waals surface area contributed by atoms with Crippen LogP contribution < -0.4 is 16.0 Å². The Bertz CT molecular complexity index is 754. The summed E-state index contributed by atoms with van der Waals surface area (Å²) in [6.07, 6.45) is 8.34. The summed E-state index contributed by atoms with van der Waals surface area (Å²) in [7, 11) is 0. The average Bonchev–Trinajstić information content (AvgIpc) is 3.41. The predicted octanol–water partition coefficient (Wildman–Crippen LogP) is 3.17. The third-order valence-corrected chi connectivity index (χ3v) is 5.89. The van der Waals surface area contributed by atoms with E-state index >= 15 is 0 Å². The van der Waals surface area contributed by atoms with Crippen molar-refractivity contribution in [1.29, 1.82) is 0 Å². The van der Waals surface area contributed by atoms with Gasteiger partial charge in [-0.2, -0.15) is 0 Å². The largest absolute Gasteiger partial charge is 0.384 e. The van der Waals surface area contributed by atoms with Gasteiger partial charge in [0.2, 0.25) is 5.95 Å². The van der Waals surface area contributed by atoms with E-state index in [9.17, 15) is 0 Å². The van der Waals surface area contributed by atoms with Crippen molar-refractivity contribution in [1.82, 2.24) is 19.9 Å². The van der Waals surface area contributed by atoms with Crippen molar-refractivity contribution in [2.45, 2.75) is 32.6 Å². The number of aromatic nitrogens is 4. The van der Waals surface area contributed by atoms with Gasteiger partial charge in [-0.3, -0.25) is 0 Å². The molecule has 2 aliphatic rings. The molecule has 7 nitrogen and oxygen atoms in total. The standard InChI is InChI=1S/C19H26ClN7/c1-12-25-17(21)9-18(26-12)22-5-2-14-8-16(14)13-3-6-27(7-4-13)19-23-10-15(20)11-24-19/h9-11,13-14,16H,2-8H2,1H3,(H3,21,22,25,26)/t14-,16+/m0/s1. The van der Waals surface area contributed by atoms with Crippen LogP contribution in [0.1, 0.15) is 31.5 Å². The molecule has 2 fully saturated rings. The van der Waals surface area contributed by atoms with Crippen LogP contribution in [0.5, 0.6) is 0 Å². The fourth-order valence-corrected chi connectivity index (χ4v) is 4.34. The second kappa shape index (κ2) is 7.84. The Morgan fingerprint density at radius 1 is 1.22 bits per heavy atom. The maximum atomic E-state index is 5.87. The number of nitrogen functional groups attached to an aromatic ring is 1. The fourth-order valence-electron chi connectivity index (χ4n) is 4.24. The highest BCUT2D eigenvalue weighted by Gasteiger charge is 2.43. The summed E-state index contributed by atoms with van der Waals surface area (Å²) in [4.78, 5) is 19.4. The predicted molar refractivity (Wildman–Crippen MR) is 108 cm³/mol. The van der Waals surface area contributed by atoms with Crippen LogP contribution in [0.15, 0.2) is 18.5 Å². The van der Waals surface area contributed by atoms with E-state index in [1.165, 1.54) is 25.7 Å². The number of rotatable bonds is 6. The highest BCUT2D eigenvalue weighted by molar-refractivity contribution is 6.30. The van der Waals surface area contributed by atoms with Gasteiger partial charge in [0.1, 0.15) is 17.5 Å². The van der Waals surface area contributed by atoms with Gasteiger partial charge in [0, 0.05) is 25.7 Å². The van der Waals surface area contributed by atoms with Gasteiger partial charge in [-0.25, -0.2) is 19.9 Å². The molecule has 3 heterocycles. The molecule has 0 unspecified atom stereocenters. The van der Waals surface area contributed by atoms with Crippen molar-refractivity contribution < 1.29 is 0 Å². The van der Waals surface area contributed by atoms with Gasteiger partial charge >= 0.3 is 0 Å². The first-order valence-corrected chi connectivity index (χ1v) is 10.0. The molecule has 0 amide bonds. The third-order valence-electron chi connectivity index (χ3n) is 5.69. The first-order valence-electron chi connectivity index (χ1n) is 9.66. The van der Waals surface area contributed by atoms with Gasteiger partial charge in [0.25, 0.3) is 0 Å². The number of aryl methyl sites for hydroxylation is 1. The number of nitrogens with zero attached hydrogens (tertiary/aromatic N) is 5. The van der Waals surface area contributed by atoms with Gasteiger partial charge in [-0.05, 0) is 50.4 Å². The monoisotopic (exact) mass is 387 g/mol. The SMILES string of the molecule is Cc1nc(N)cc(NCC[C@H]2C[C@@H]2C2CCN(c3ncc(Cl)cn3)CC2)n1. The Morgan fingerprint density at radius 2 is 1.96 bits per heavy atom. The summed E-state index contributed by atoms with van der Waals surface area (Å²) in [5.74, 6) is 5.39. The number of nitrogens with two attached hydrogens (primary N) is 1. The molecule has 0 spiro atoms. The zero-order valence-electron chi connectivity index (χ0n) is 15.6. The molecule has 0 radical (unpaired) electrons. The van der Waals surface area contributed by atoms with Crippen molar-refractivity contribution in [2.24, 2.45) is 17.8 Å². The van der Waals surface area contributed by atoms with Gasteiger partial charge < -0.3 is 16.0 Å². The minimum atomic E-state index is 0.519. The molecule has 0 bridgehead atoms. The normalized spacial score (nSPS) is 22.7. The van der Waals surface area contributed by atoms with Crippen LogP contribution in [0.3, 0.4) is 0 Å². The Kier molecular flexibility index (Phi) is 5.29. The quantitative estimate of drug-likeness (QED) is 0.786. The molecule has 1 saturated carbocycles. The van der Waals surface area contributed by atoms with Crippen LogP contribution in [0.2, 0.25) is 5.02 Å². The molecule has 144 valence electrons. The molecule has 27 heavy (non-hydrogen) atoms. The van der Waals surface area contributed by atoms with Crippen molar-refractivity contribution in [2.75, 3.05) is 35.6 Å². The molecule has 2 aromatic rings. The number of hydrogen-bond donors (Lipinski definition) is 2. The minimum absolute atomic E-state index is 0.519. The average molecular weight is 388 g/mol. The zero-order chi connectivity index (χ0) is 18.8. The lowest BCUT2D eigenvalue weighted by molar-refractivity contribution is 0.343. The molecular weight excluding hydrogens is 362 g/mol. The van der Waals surface area contributed by atoms with Crippen LogP contribution in [0.25, 0.3) is 0 Å². The first-order chi connectivity index (χ1) is 13.1. The second-order valence-corrected chi connectivity index (χ2v) is 8.06. The van der Waals surface area contributed by atoms with E-state index in [0.29, 0.717) is 16.7 Å². The molecule has 1 aliphatic carbocycles. The Labute approximate surface area is 164 Å². The molecule has 4 rings (SSSR count). The number of anilines is 3. The lowest BCUT2D eigenvalue weighted by Crippen LogP contribution is -2.35. The lowest BCUT2D eigenvalue weighted by atomic mass is 9.90. The number of nitrogens with one attached hydrogen (secondary N) is 1. The molecule has 1 aliphatic heterocycles. The van der Waals surface area contributed by atoms with Crippen molar-refractivity contribution >= 4 is 29.2 Å². The lowest BCUT2D eigenvalue weighted by Gasteiger charge is -2.32. The van der Waals surface area contributed by atoms with E-state index in [0.717, 1.165) is 49.2 Å². The van der Waals surface area contributed by atoms with Crippen LogP contribution in [-0.2, 0) is 0 Å². The number of hydrogen-bond acceptors (Lipinski definition) is 7. The fraction of sp³-hybridized carbons (Fsp3) is 0.579. The summed E-state index contributed by atoms with van der Waals surface area (Å²) in [6.45, 7) is 4.87. The van der Waals surface area contributed by atoms with Gasteiger partial charge in [-0.15, -0.1) is 0 Å². The maximum Gasteiger partial charge on any atom is 0.225 e. The van der Waals surface area contributed by atoms with Crippen molar-refractivity contribution in [3.05, 3.63) is 29.3 Å². The third kappa shape index (κ3) is 4.58. The van der Waals surface area contributed by atoms with E-state index in [1.54, 1.807) is 18.5 Å². The second-order valence-electron chi connectivity index (χ2n) is 7.63. The van der Waals surface area contributed by atoms with Crippen LogP contribution in [-0.4, -0.2) is 39.6 Å². The van der Waals surface area contributed by atoms with E-state index < -0.39 is 0 Å². The Morgan fingerprint density at radius 3 is 2.67 bits per heavy atom. The summed E-state index contributed by atoms with van der Waals surface area (Å²) in [5, 5.41) is 3.97. The Balaban J connectivity index is 1.19. The maximum absolute atomic E-state index is 5.87. The van der Waals surface area contributed by atoms with E-state index in [1.807, 2.05) is 6.92 Å². The molecule has 2 atom stereocenters. The highest BCUT2D eigenvalue weighted by atomic mass is 35.5. The van der Waals surface area contributed by atoms with Crippen molar-refractivity contribution in [3.63, 3.8) is 0 Å². The molecule has 0 aromatic carbocycles. The zero-order valence-corrected chi connectivity index (χ0v) is 16.4. The Hall–Kier alpha value is -2.15. The molecule has 2 aromatic heterocycles. The molecular formula is C19H26ClN7. The van der Waals surface area contributed by atoms with E-state index in [-0.39, 0.29) is 0 Å². The summed E-state index contributed by atoms with van der Waals surface area (Å²) < 4.78 is 0. The van der Waals surface area contributed by atoms with E-state index in [2.05, 4.69) is 30.2 Å². The van der Waals surface area contributed by atoms with Gasteiger partial charge in [0.15, 0.2) is 0 Å². The molecule has 3 N–H and O–H groups in total. The summed E-state index contributed by atoms with van der Waals surface area (Å²) in [5.41, 5.74) is 5.77. The topological polar surface area (TPSA) is 92.8 Å². The van der Waals surface area contributed by atoms with E-state index in [4.69, 9.17) is 17.3 Å². The van der Waals surface area contributed by atoms with Crippen molar-refractivity contribution in [3.8, 4) is 0 Å².